The molecule has 0 radical (unpaired) electrons. The topological polar surface area (TPSA) is 57.6 Å². The average molecular weight is 430 g/mol. The number of amides is 2. The van der Waals surface area contributed by atoms with E-state index in [1.54, 1.807) is 19.1 Å². The summed E-state index contributed by atoms with van der Waals surface area (Å²) < 4.78 is 27.7. The quantitative estimate of drug-likeness (QED) is 0.689. The summed E-state index contributed by atoms with van der Waals surface area (Å²) in [6, 6.07) is 7.72. The minimum Gasteiger partial charge on any atom is -0.505 e. The van der Waals surface area contributed by atoms with Gasteiger partial charge in [-0.2, -0.15) is 0 Å². The molecule has 4 nitrogen and oxygen atoms in total. The summed E-state index contributed by atoms with van der Waals surface area (Å²) in [6.07, 6.45) is 3.60. The Morgan fingerprint density at radius 2 is 1.97 bits per heavy atom. The van der Waals surface area contributed by atoms with Crippen molar-refractivity contribution in [3.05, 3.63) is 82.9 Å². The fraction of sp³-hybridized carbons (Fsp3) is 0.217. The number of carbonyl (C=O) groups is 2. The highest BCUT2D eigenvalue weighted by atomic mass is 35.5. The largest absolute Gasteiger partial charge is 0.505 e. The first-order valence-corrected chi connectivity index (χ1v) is 9.73. The van der Waals surface area contributed by atoms with Crippen LogP contribution < -0.4 is 4.90 Å². The molecule has 3 unspecified atom stereocenters. The molecule has 2 aliphatic rings. The minimum absolute atomic E-state index is 0.161. The van der Waals surface area contributed by atoms with Crippen molar-refractivity contribution in [3.8, 4) is 5.75 Å². The second kappa shape index (κ2) is 7.06. The van der Waals surface area contributed by atoms with Crippen LogP contribution in [0.15, 0.2) is 60.7 Å². The predicted molar refractivity (Wildman–Crippen MR) is 109 cm³/mol. The number of phenols is 1. The number of allylic oxidation sites excluding steroid dienone is 3. The van der Waals surface area contributed by atoms with Crippen LogP contribution in [0.3, 0.4) is 0 Å². The maximum Gasteiger partial charge on any atom is 0.241 e. The monoisotopic (exact) mass is 429 g/mol. The molecule has 4 rings (SSSR count). The van der Waals surface area contributed by atoms with Gasteiger partial charge in [0.05, 0.1) is 22.0 Å². The number of fused-ring (bicyclic) bond motifs is 1. The number of imide groups is 1. The van der Waals surface area contributed by atoms with E-state index in [1.165, 1.54) is 24.3 Å². The molecule has 3 atom stereocenters. The highest BCUT2D eigenvalue weighted by Gasteiger charge is 2.62. The summed E-state index contributed by atoms with van der Waals surface area (Å²) in [5.41, 5.74) is -0.320. The summed E-state index contributed by atoms with van der Waals surface area (Å²) >= 11 is 5.86. The van der Waals surface area contributed by atoms with Gasteiger partial charge in [0.15, 0.2) is 11.6 Å². The van der Waals surface area contributed by atoms with E-state index in [-0.39, 0.29) is 22.7 Å². The zero-order valence-electron chi connectivity index (χ0n) is 16.0. The zero-order chi connectivity index (χ0) is 21.8. The van der Waals surface area contributed by atoms with Crippen molar-refractivity contribution >= 4 is 29.1 Å². The van der Waals surface area contributed by atoms with Gasteiger partial charge in [-0.05, 0) is 43.2 Å². The molecule has 0 saturated carbocycles. The van der Waals surface area contributed by atoms with Crippen LogP contribution in [0.25, 0.3) is 0 Å². The van der Waals surface area contributed by atoms with Crippen molar-refractivity contribution in [1.82, 2.24) is 0 Å². The Labute approximate surface area is 177 Å². The van der Waals surface area contributed by atoms with Crippen LogP contribution >= 0.6 is 11.6 Å². The third kappa shape index (κ3) is 2.70. The van der Waals surface area contributed by atoms with Crippen molar-refractivity contribution in [1.29, 1.82) is 0 Å². The molecule has 2 amide bonds. The number of halogens is 3. The fourth-order valence-corrected chi connectivity index (χ4v) is 4.80. The van der Waals surface area contributed by atoms with Gasteiger partial charge in [-0.1, -0.05) is 42.5 Å². The van der Waals surface area contributed by atoms with Crippen LogP contribution in [0, 0.1) is 23.0 Å². The molecule has 0 spiro atoms. The molecular formula is C23H18ClF2NO3. The van der Waals surface area contributed by atoms with Gasteiger partial charge in [-0.25, -0.2) is 13.7 Å². The van der Waals surface area contributed by atoms with E-state index in [1.807, 2.05) is 0 Å². The van der Waals surface area contributed by atoms with Crippen molar-refractivity contribution < 1.29 is 23.5 Å². The summed E-state index contributed by atoms with van der Waals surface area (Å²) in [5, 5.41) is 10.2. The van der Waals surface area contributed by atoms with E-state index in [4.69, 9.17) is 11.6 Å². The number of hydrogen-bond donors (Lipinski definition) is 1. The lowest BCUT2D eigenvalue weighted by Crippen LogP contribution is -2.41. The van der Waals surface area contributed by atoms with Crippen LogP contribution in [0.2, 0.25) is 5.02 Å². The lowest BCUT2D eigenvalue weighted by Gasteiger charge is -2.40. The van der Waals surface area contributed by atoms with Crippen LogP contribution in [0.1, 0.15) is 24.8 Å². The standard InChI is InChI=1S/C23H18ClF2NO3/c1-3-12-7-9-15-21(29)27(13-8-10-17(25)16(24)11-13)22(30)23(15,2)19(12)14-5-4-6-18(26)20(14)28/h3-8,10-11,15,19,28H,1,9H2,2H3. The number of anilines is 1. The van der Waals surface area contributed by atoms with Crippen molar-refractivity contribution in [3.63, 3.8) is 0 Å². The van der Waals surface area contributed by atoms with E-state index in [2.05, 4.69) is 6.58 Å². The molecule has 1 N–H and O–H groups in total. The van der Waals surface area contributed by atoms with Gasteiger partial charge in [0.25, 0.3) is 0 Å². The van der Waals surface area contributed by atoms with Crippen LogP contribution in [-0.4, -0.2) is 16.9 Å². The molecule has 7 heteroatoms. The number of hydrogen-bond acceptors (Lipinski definition) is 3. The Bertz CT molecular complexity index is 1130. The lowest BCUT2D eigenvalue weighted by molar-refractivity contribution is -0.127. The molecule has 1 saturated heterocycles. The van der Waals surface area contributed by atoms with Crippen molar-refractivity contribution in [2.45, 2.75) is 19.3 Å². The summed E-state index contributed by atoms with van der Waals surface area (Å²) in [4.78, 5) is 27.9. The molecule has 1 heterocycles. The van der Waals surface area contributed by atoms with Gasteiger partial charge in [0.2, 0.25) is 11.8 Å². The van der Waals surface area contributed by atoms with Crippen molar-refractivity contribution in [2.75, 3.05) is 4.90 Å². The second-order valence-corrected chi connectivity index (χ2v) is 8.07. The number of aromatic hydroxyl groups is 1. The number of benzene rings is 2. The number of phenolic OH excluding ortho intramolecular Hbond substituents is 1. The number of carbonyl (C=O) groups excluding carboxylic acids is 2. The summed E-state index contributed by atoms with van der Waals surface area (Å²) in [6.45, 7) is 5.42. The van der Waals surface area contributed by atoms with Crippen LogP contribution in [0.4, 0.5) is 14.5 Å². The Hall–Kier alpha value is -2.99. The molecular weight excluding hydrogens is 412 g/mol. The number of para-hydroxylation sites is 1. The molecule has 30 heavy (non-hydrogen) atoms. The lowest BCUT2D eigenvalue weighted by atomic mass is 9.60. The highest BCUT2D eigenvalue weighted by Crippen LogP contribution is 2.58. The maximum atomic E-state index is 14.1. The smallest absolute Gasteiger partial charge is 0.241 e. The number of rotatable bonds is 3. The molecule has 154 valence electrons. The van der Waals surface area contributed by atoms with Gasteiger partial charge in [-0.15, -0.1) is 0 Å². The zero-order valence-corrected chi connectivity index (χ0v) is 16.8. The molecule has 1 aliphatic carbocycles. The SMILES string of the molecule is C=CC1=CCC2C(=O)N(c3ccc(F)c(Cl)c3)C(=O)C2(C)C1c1cccc(F)c1O. The molecule has 2 aromatic rings. The predicted octanol–water partition coefficient (Wildman–Crippen LogP) is 5.12. The second-order valence-electron chi connectivity index (χ2n) is 7.67. The van der Waals surface area contributed by atoms with Crippen molar-refractivity contribution in [2.24, 2.45) is 11.3 Å². The highest BCUT2D eigenvalue weighted by molar-refractivity contribution is 6.31. The first-order chi connectivity index (χ1) is 14.2. The third-order valence-corrected chi connectivity index (χ3v) is 6.44. The van der Waals surface area contributed by atoms with Gasteiger partial charge >= 0.3 is 0 Å². The third-order valence-electron chi connectivity index (χ3n) is 6.15. The van der Waals surface area contributed by atoms with Crippen LogP contribution in [0.5, 0.6) is 5.75 Å². The first-order valence-electron chi connectivity index (χ1n) is 9.35. The Kier molecular flexibility index (Phi) is 4.77. The van der Waals surface area contributed by atoms with E-state index < -0.39 is 46.4 Å². The van der Waals surface area contributed by atoms with Gasteiger partial charge < -0.3 is 5.11 Å². The summed E-state index contributed by atoms with van der Waals surface area (Å²) in [5.74, 6) is -4.57. The molecule has 1 fully saturated rings. The average Bonchev–Trinajstić information content (AvgIpc) is 2.92. The Morgan fingerprint density at radius 1 is 1.23 bits per heavy atom. The van der Waals surface area contributed by atoms with Gasteiger partial charge in [-0.3, -0.25) is 9.59 Å². The molecule has 0 aromatic heterocycles. The first kappa shape index (κ1) is 20.3. The van der Waals surface area contributed by atoms with Gasteiger partial charge in [0.1, 0.15) is 5.82 Å². The Morgan fingerprint density at radius 3 is 2.63 bits per heavy atom. The van der Waals surface area contributed by atoms with E-state index in [9.17, 15) is 23.5 Å². The maximum absolute atomic E-state index is 14.1. The minimum atomic E-state index is -1.30. The normalized spacial score (nSPS) is 25.9. The Balaban J connectivity index is 1.90. The molecule has 1 aliphatic heterocycles. The van der Waals surface area contributed by atoms with E-state index in [0.717, 1.165) is 17.0 Å². The van der Waals surface area contributed by atoms with E-state index in [0.29, 0.717) is 5.57 Å². The van der Waals surface area contributed by atoms with Crippen LogP contribution in [-0.2, 0) is 9.59 Å². The summed E-state index contributed by atoms with van der Waals surface area (Å²) in [7, 11) is 0. The number of nitrogens with zero attached hydrogens (tertiary/aromatic N) is 1. The fourth-order valence-electron chi connectivity index (χ4n) is 4.63. The van der Waals surface area contributed by atoms with E-state index >= 15 is 0 Å². The van der Waals surface area contributed by atoms with Gasteiger partial charge in [0, 0.05) is 11.5 Å². The molecule has 2 aromatic carbocycles. The molecule has 0 bridgehead atoms.